The fourth-order valence-corrected chi connectivity index (χ4v) is 2.56. The van der Waals surface area contributed by atoms with E-state index in [9.17, 15) is 14.9 Å². The molecule has 6 nitrogen and oxygen atoms in total. The Kier molecular flexibility index (Phi) is 6.40. The second-order valence-corrected chi connectivity index (χ2v) is 5.79. The van der Waals surface area contributed by atoms with Crippen molar-refractivity contribution in [3.63, 3.8) is 0 Å². The molecule has 1 amide bonds. The van der Waals surface area contributed by atoms with Crippen LogP contribution in [0.3, 0.4) is 0 Å². The number of nitro benzene ring substituents is 1. The summed E-state index contributed by atoms with van der Waals surface area (Å²) in [7, 11) is 0. The molecule has 24 heavy (non-hydrogen) atoms. The van der Waals surface area contributed by atoms with Crippen LogP contribution >= 0.6 is 23.2 Å². The highest BCUT2D eigenvalue weighted by Gasteiger charge is 2.08. The maximum Gasteiger partial charge on any atom is 0.273 e. The number of nitrogens with zero attached hydrogens (tertiary/aromatic N) is 1. The summed E-state index contributed by atoms with van der Waals surface area (Å²) < 4.78 is 5.24. The largest absolute Gasteiger partial charge is 0.484 e. The quantitative estimate of drug-likeness (QED) is 0.597. The monoisotopic (exact) mass is 368 g/mol. The summed E-state index contributed by atoms with van der Waals surface area (Å²) in [5.74, 6) is -0.0596. The van der Waals surface area contributed by atoms with Crippen molar-refractivity contribution < 1.29 is 14.5 Å². The van der Waals surface area contributed by atoms with Crippen molar-refractivity contribution in [2.24, 2.45) is 0 Å². The smallest absolute Gasteiger partial charge is 0.273 e. The highest BCUT2D eigenvalue weighted by Crippen LogP contribution is 2.20. The van der Waals surface area contributed by atoms with Crippen molar-refractivity contribution in [1.29, 1.82) is 0 Å². The molecule has 0 bridgehead atoms. The standard InChI is InChI=1S/C16H14Cl2N2O4/c17-12-6-11(7-13(18)8-12)4-5-19-16(21)10-24-15-3-1-2-14(9-15)20(22)23/h1-3,6-9H,4-5,10H2,(H,19,21). The molecule has 0 fully saturated rings. The number of hydrogen-bond acceptors (Lipinski definition) is 4. The highest BCUT2D eigenvalue weighted by atomic mass is 35.5. The minimum atomic E-state index is -0.525. The number of carbonyl (C=O) groups is 1. The molecule has 0 radical (unpaired) electrons. The highest BCUT2D eigenvalue weighted by molar-refractivity contribution is 6.34. The SMILES string of the molecule is O=C(COc1cccc([N+](=O)[O-])c1)NCCc1cc(Cl)cc(Cl)c1. The van der Waals surface area contributed by atoms with E-state index in [-0.39, 0.29) is 24.0 Å². The van der Waals surface area contributed by atoms with Gasteiger partial charge in [-0.3, -0.25) is 14.9 Å². The van der Waals surface area contributed by atoms with E-state index in [1.807, 2.05) is 0 Å². The molecule has 2 aromatic carbocycles. The molecule has 0 aliphatic rings. The second kappa shape index (κ2) is 8.52. The number of rotatable bonds is 7. The molecule has 0 saturated carbocycles. The summed E-state index contributed by atoms with van der Waals surface area (Å²) in [6.45, 7) is 0.172. The predicted octanol–water partition coefficient (Wildman–Crippen LogP) is 3.64. The number of nitrogens with one attached hydrogen (secondary N) is 1. The third-order valence-electron chi connectivity index (χ3n) is 3.06. The van der Waals surface area contributed by atoms with Gasteiger partial charge in [-0.25, -0.2) is 0 Å². The average molecular weight is 369 g/mol. The molecule has 0 spiro atoms. The first kappa shape index (κ1) is 18.0. The van der Waals surface area contributed by atoms with Crippen LogP contribution in [0.2, 0.25) is 10.0 Å². The Balaban J connectivity index is 1.77. The Bertz CT molecular complexity index is 732. The first-order valence-electron chi connectivity index (χ1n) is 7.03. The fourth-order valence-electron chi connectivity index (χ4n) is 1.99. The molecular weight excluding hydrogens is 355 g/mol. The molecule has 2 rings (SSSR count). The number of halogens is 2. The van der Waals surface area contributed by atoms with Crippen LogP contribution in [-0.4, -0.2) is 24.0 Å². The van der Waals surface area contributed by atoms with Crippen LogP contribution in [0.15, 0.2) is 42.5 Å². The van der Waals surface area contributed by atoms with Gasteiger partial charge in [-0.1, -0.05) is 29.3 Å². The van der Waals surface area contributed by atoms with E-state index >= 15 is 0 Å². The van der Waals surface area contributed by atoms with E-state index in [4.69, 9.17) is 27.9 Å². The lowest BCUT2D eigenvalue weighted by molar-refractivity contribution is -0.384. The summed E-state index contributed by atoms with van der Waals surface area (Å²) >= 11 is 11.8. The molecule has 0 unspecified atom stereocenters. The van der Waals surface area contributed by atoms with Gasteiger partial charge in [0.2, 0.25) is 0 Å². The molecule has 0 atom stereocenters. The van der Waals surface area contributed by atoms with Gasteiger partial charge in [-0.2, -0.15) is 0 Å². The summed E-state index contributed by atoms with van der Waals surface area (Å²) in [6, 6.07) is 10.9. The van der Waals surface area contributed by atoms with Gasteiger partial charge < -0.3 is 10.1 Å². The van der Waals surface area contributed by atoms with Crippen molar-refractivity contribution in [1.82, 2.24) is 5.32 Å². The maximum absolute atomic E-state index is 11.7. The van der Waals surface area contributed by atoms with Crippen LogP contribution in [0, 0.1) is 10.1 Å². The first-order valence-corrected chi connectivity index (χ1v) is 7.78. The van der Waals surface area contributed by atoms with Crippen molar-refractivity contribution in [3.05, 3.63) is 68.2 Å². The van der Waals surface area contributed by atoms with Gasteiger partial charge >= 0.3 is 0 Å². The summed E-state index contributed by atoms with van der Waals surface area (Å²) in [4.78, 5) is 21.9. The maximum atomic E-state index is 11.7. The van der Waals surface area contributed by atoms with Crippen molar-refractivity contribution >= 4 is 34.8 Å². The normalized spacial score (nSPS) is 10.2. The van der Waals surface area contributed by atoms with Crippen LogP contribution < -0.4 is 10.1 Å². The van der Waals surface area contributed by atoms with Gasteiger partial charge in [0.15, 0.2) is 6.61 Å². The first-order chi connectivity index (χ1) is 11.4. The average Bonchev–Trinajstić information content (AvgIpc) is 2.52. The molecule has 0 aliphatic heterocycles. The summed E-state index contributed by atoms with van der Waals surface area (Å²) in [5, 5.41) is 14.4. The number of ether oxygens (including phenoxy) is 1. The molecule has 0 heterocycles. The van der Waals surface area contributed by atoms with E-state index in [2.05, 4.69) is 5.32 Å². The van der Waals surface area contributed by atoms with Gasteiger partial charge in [0.25, 0.3) is 11.6 Å². The number of non-ortho nitro benzene ring substituents is 1. The van der Waals surface area contributed by atoms with Crippen molar-refractivity contribution in [3.8, 4) is 5.75 Å². The minimum absolute atomic E-state index is 0.0919. The van der Waals surface area contributed by atoms with E-state index in [0.717, 1.165) is 5.56 Å². The number of nitro groups is 1. The minimum Gasteiger partial charge on any atom is -0.484 e. The van der Waals surface area contributed by atoms with Gasteiger partial charge in [-0.05, 0) is 36.2 Å². The Labute approximate surface area is 148 Å². The fraction of sp³-hybridized carbons (Fsp3) is 0.188. The van der Waals surface area contributed by atoms with E-state index in [1.54, 1.807) is 24.3 Å². The lowest BCUT2D eigenvalue weighted by Crippen LogP contribution is -2.30. The van der Waals surface area contributed by atoms with Gasteiger partial charge in [0.1, 0.15) is 5.75 Å². The van der Waals surface area contributed by atoms with Crippen LogP contribution in [0.25, 0.3) is 0 Å². The zero-order valence-corrected chi connectivity index (χ0v) is 14.0. The molecule has 0 aromatic heterocycles. The number of benzene rings is 2. The van der Waals surface area contributed by atoms with Crippen molar-refractivity contribution in [2.75, 3.05) is 13.2 Å². The zero-order chi connectivity index (χ0) is 17.5. The van der Waals surface area contributed by atoms with E-state index in [1.165, 1.54) is 18.2 Å². The molecular formula is C16H14Cl2N2O4. The predicted molar refractivity (Wildman–Crippen MR) is 91.8 cm³/mol. The molecule has 1 N–H and O–H groups in total. The molecule has 126 valence electrons. The number of carbonyl (C=O) groups excluding carboxylic acids is 1. The summed E-state index contributed by atoms with van der Waals surface area (Å²) in [5.41, 5.74) is 0.818. The zero-order valence-electron chi connectivity index (χ0n) is 12.5. The third kappa shape index (κ3) is 5.72. The summed E-state index contributed by atoms with van der Waals surface area (Å²) in [6.07, 6.45) is 0.572. The Morgan fingerprint density at radius 3 is 2.54 bits per heavy atom. The lowest BCUT2D eigenvalue weighted by atomic mass is 10.1. The topological polar surface area (TPSA) is 81.5 Å². The third-order valence-corrected chi connectivity index (χ3v) is 3.49. The molecule has 0 saturated heterocycles. The lowest BCUT2D eigenvalue weighted by Gasteiger charge is -2.08. The van der Waals surface area contributed by atoms with Gasteiger partial charge in [-0.15, -0.1) is 0 Å². The van der Waals surface area contributed by atoms with Crippen LogP contribution in [0.5, 0.6) is 5.75 Å². The second-order valence-electron chi connectivity index (χ2n) is 4.92. The Hall–Kier alpha value is -2.31. The van der Waals surface area contributed by atoms with E-state index < -0.39 is 4.92 Å². The van der Waals surface area contributed by atoms with Gasteiger partial charge in [0.05, 0.1) is 11.0 Å². The molecule has 2 aromatic rings. The van der Waals surface area contributed by atoms with Crippen molar-refractivity contribution in [2.45, 2.75) is 6.42 Å². The molecule has 8 heteroatoms. The molecule has 0 aliphatic carbocycles. The van der Waals surface area contributed by atoms with E-state index in [0.29, 0.717) is 23.0 Å². The van der Waals surface area contributed by atoms with Gasteiger partial charge in [0, 0.05) is 22.7 Å². The van der Waals surface area contributed by atoms with Crippen LogP contribution in [0.1, 0.15) is 5.56 Å². The Morgan fingerprint density at radius 1 is 1.17 bits per heavy atom. The van der Waals surface area contributed by atoms with Crippen LogP contribution in [0.4, 0.5) is 5.69 Å². The number of amides is 1. The Morgan fingerprint density at radius 2 is 1.88 bits per heavy atom. The van der Waals surface area contributed by atoms with Crippen LogP contribution in [-0.2, 0) is 11.2 Å². The number of hydrogen-bond donors (Lipinski definition) is 1.